The Balaban J connectivity index is 3.78. The molecule has 0 aromatic heterocycles. The normalized spacial score (nSPS) is 10.2. The average Bonchev–Trinajstić information content (AvgIpc) is 2.29. The van der Waals surface area contributed by atoms with Crippen molar-refractivity contribution in [2.24, 2.45) is 0 Å². The Bertz CT molecular complexity index is 512. The Morgan fingerprint density at radius 1 is 0.882 bits per heavy atom. The Kier molecular flexibility index (Phi) is 4.93. The predicted molar refractivity (Wildman–Crippen MR) is 68.0 cm³/mol. The Morgan fingerprint density at radius 2 is 1.29 bits per heavy atom. The lowest BCUT2D eigenvalue weighted by molar-refractivity contribution is 0.0598. The molecule has 0 bridgehead atoms. The largest absolute Gasteiger partial charge is 0.465 e. The Morgan fingerprint density at radius 3 is 1.65 bits per heavy atom. The highest BCUT2D eigenvalue weighted by Gasteiger charge is 2.28. The van der Waals surface area contributed by atoms with Crippen LogP contribution in [0.4, 0.5) is 0 Å². The van der Waals surface area contributed by atoms with Crippen molar-refractivity contribution in [2.75, 3.05) is 7.11 Å². The van der Waals surface area contributed by atoms with E-state index in [0.717, 1.165) is 7.11 Å². The first-order valence-corrected chi connectivity index (χ1v) is 5.86. The van der Waals surface area contributed by atoms with Crippen LogP contribution in [-0.4, -0.2) is 18.3 Å². The lowest BCUT2D eigenvalue weighted by Crippen LogP contribution is -2.10. The van der Waals surface area contributed by atoms with Crippen LogP contribution in [0.1, 0.15) is 20.7 Å². The molecule has 0 unspecified atom stereocenters. The Labute approximate surface area is 121 Å². The number of methoxy groups -OCH3 is 1. The summed E-state index contributed by atoms with van der Waals surface area (Å²) in [5.74, 6) is -0.889. The molecular weight excluding hydrogens is 333 g/mol. The molecule has 0 heterocycles. The molecule has 0 radical (unpaired) electrons. The van der Waals surface area contributed by atoms with Crippen LogP contribution < -0.4 is 0 Å². The van der Waals surface area contributed by atoms with Crippen molar-refractivity contribution < 1.29 is 14.3 Å². The van der Waals surface area contributed by atoms with Gasteiger partial charge in [0, 0.05) is 0 Å². The summed E-state index contributed by atoms with van der Waals surface area (Å²) >= 11 is 28.4. The molecule has 17 heavy (non-hydrogen) atoms. The van der Waals surface area contributed by atoms with Gasteiger partial charge < -0.3 is 4.74 Å². The average molecular weight is 336 g/mol. The molecule has 1 rings (SSSR count). The van der Waals surface area contributed by atoms with Crippen molar-refractivity contribution >= 4 is 69.2 Å². The van der Waals surface area contributed by atoms with Crippen molar-refractivity contribution in [3.8, 4) is 0 Å². The molecule has 0 fully saturated rings. The number of halogens is 5. The van der Waals surface area contributed by atoms with Crippen LogP contribution in [-0.2, 0) is 4.74 Å². The van der Waals surface area contributed by atoms with Crippen molar-refractivity contribution in [1.82, 2.24) is 0 Å². The summed E-state index contributed by atoms with van der Waals surface area (Å²) in [7, 11) is 1.11. The molecule has 0 N–H and O–H groups in total. The van der Waals surface area contributed by atoms with E-state index >= 15 is 0 Å². The van der Waals surface area contributed by atoms with E-state index in [1.807, 2.05) is 0 Å². The smallest absolute Gasteiger partial charge is 0.340 e. The molecule has 0 aliphatic carbocycles. The zero-order valence-corrected chi connectivity index (χ0v) is 11.9. The summed E-state index contributed by atoms with van der Waals surface area (Å²) in [6.07, 6.45) is 0. The van der Waals surface area contributed by atoms with Crippen LogP contribution in [0.15, 0.2) is 0 Å². The number of benzene rings is 1. The number of esters is 1. The second-order valence-corrected chi connectivity index (χ2v) is 4.63. The van der Waals surface area contributed by atoms with E-state index in [2.05, 4.69) is 4.74 Å². The van der Waals surface area contributed by atoms with Gasteiger partial charge in [-0.05, 0) is 11.6 Å². The van der Waals surface area contributed by atoms with E-state index < -0.39 is 11.2 Å². The second kappa shape index (κ2) is 5.63. The van der Waals surface area contributed by atoms with Gasteiger partial charge in [0.1, 0.15) is 0 Å². The lowest BCUT2D eigenvalue weighted by atomic mass is 10.1. The molecule has 0 aliphatic heterocycles. The number of hydrogen-bond acceptors (Lipinski definition) is 3. The number of rotatable bonds is 2. The number of carbonyl (C=O) groups is 2. The van der Waals surface area contributed by atoms with Crippen LogP contribution in [0.3, 0.4) is 0 Å². The first-order chi connectivity index (χ1) is 7.82. The van der Waals surface area contributed by atoms with Crippen LogP contribution >= 0.6 is 58.0 Å². The molecule has 0 spiro atoms. The highest BCUT2D eigenvalue weighted by atomic mass is 35.5. The monoisotopic (exact) mass is 334 g/mol. The van der Waals surface area contributed by atoms with Gasteiger partial charge in [0.2, 0.25) is 0 Å². The minimum Gasteiger partial charge on any atom is -0.465 e. The maximum absolute atomic E-state index is 11.5. The molecule has 1 aromatic rings. The number of carbonyl (C=O) groups excluding carboxylic acids is 2. The SMILES string of the molecule is COC(=O)c1c(Cl)c(Cl)c(Cl)c(Cl)c1C(=O)Cl. The fraction of sp³-hybridized carbons (Fsp3) is 0.111. The van der Waals surface area contributed by atoms with Gasteiger partial charge in [-0.25, -0.2) is 4.79 Å². The minimum atomic E-state index is -0.990. The van der Waals surface area contributed by atoms with Gasteiger partial charge in [-0.2, -0.15) is 0 Å². The fourth-order valence-electron chi connectivity index (χ4n) is 1.11. The molecule has 92 valence electrons. The predicted octanol–water partition coefficient (Wildman–Crippen LogP) is 4.47. The molecule has 1 aromatic carbocycles. The van der Waals surface area contributed by atoms with Crippen molar-refractivity contribution in [3.05, 3.63) is 31.2 Å². The quantitative estimate of drug-likeness (QED) is 0.346. The molecule has 3 nitrogen and oxygen atoms in total. The van der Waals surface area contributed by atoms with E-state index in [-0.39, 0.29) is 31.2 Å². The third kappa shape index (κ3) is 2.64. The van der Waals surface area contributed by atoms with Gasteiger partial charge in [0.25, 0.3) is 5.24 Å². The molecule has 0 aliphatic rings. The molecule has 0 saturated heterocycles. The molecular formula is C9H3Cl5O3. The maximum Gasteiger partial charge on any atom is 0.340 e. The number of ether oxygens (including phenoxy) is 1. The van der Waals surface area contributed by atoms with Gasteiger partial charge in [-0.3, -0.25) is 4.79 Å². The summed E-state index contributed by atoms with van der Waals surface area (Å²) in [4.78, 5) is 22.7. The van der Waals surface area contributed by atoms with Gasteiger partial charge >= 0.3 is 5.97 Å². The first kappa shape index (κ1) is 14.9. The van der Waals surface area contributed by atoms with E-state index in [9.17, 15) is 9.59 Å². The Hall–Kier alpha value is -0.190. The van der Waals surface area contributed by atoms with E-state index in [4.69, 9.17) is 58.0 Å². The van der Waals surface area contributed by atoms with E-state index in [1.54, 1.807) is 0 Å². The standard InChI is InChI=1S/C9H3Cl5O3/c1-17-9(16)3-2(8(14)15)4(10)6(12)7(13)5(3)11/h1H3. The first-order valence-electron chi connectivity index (χ1n) is 3.97. The van der Waals surface area contributed by atoms with Crippen LogP contribution in [0.25, 0.3) is 0 Å². The zero-order chi connectivity index (χ0) is 13.3. The van der Waals surface area contributed by atoms with Crippen molar-refractivity contribution in [1.29, 1.82) is 0 Å². The van der Waals surface area contributed by atoms with Crippen LogP contribution in [0.5, 0.6) is 0 Å². The van der Waals surface area contributed by atoms with E-state index in [1.165, 1.54) is 0 Å². The van der Waals surface area contributed by atoms with Gasteiger partial charge in [0.15, 0.2) is 0 Å². The molecule has 8 heteroatoms. The fourth-order valence-corrected chi connectivity index (χ4v) is 2.36. The van der Waals surface area contributed by atoms with Gasteiger partial charge in [-0.1, -0.05) is 46.4 Å². The topological polar surface area (TPSA) is 43.4 Å². The highest BCUT2D eigenvalue weighted by molar-refractivity contribution is 6.70. The second-order valence-electron chi connectivity index (χ2n) is 2.77. The third-order valence-electron chi connectivity index (χ3n) is 1.85. The summed E-state index contributed by atoms with van der Waals surface area (Å²) in [5, 5.41) is -1.79. The molecule has 0 atom stereocenters. The van der Waals surface area contributed by atoms with Crippen molar-refractivity contribution in [3.63, 3.8) is 0 Å². The van der Waals surface area contributed by atoms with Crippen LogP contribution in [0, 0.1) is 0 Å². The van der Waals surface area contributed by atoms with Crippen molar-refractivity contribution in [2.45, 2.75) is 0 Å². The maximum atomic E-state index is 11.5. The summed E-state index contributed by atoms with van der Waals surface area (Å²) in [6, 6.07) is 0. The lowest BCUT2D eigenvalue weighted by Gasteiger charge is -2.11. The molecule has 0 saturated carbocycles. The third-order valence-corrected chi connectivity index (χ3v) is 3.84. The zero-order valence-electron chi connectivity index (χ0n) is 8.11. The summed E-state index contributed by atoms with van der Waals surface area (Å²) < 4.78 is 4.46. The summed E-state index contributed by atoms with van der Waals surface area (Å²) in [6.45, 7) is 0. The summed E-state index contributed by atoms with van der Waals surface area (Å²) in [5.41, 5.74) is -0.645. The highest BCUT2D eigenvalue weighted by Crippen LogP contribution is 2.42. The van der Waals surface area contributed by atoms with Gasteiger partial charge in [0.05, 0.1) is 38.3 Å². The molecule has 0 amide bonds. The number of hydrogen-bond donors (Lipinski definition) is 0. The van der Waals surface area contributed by atoms with Crippen LogP contribution in [0.2, 0.25) is 20.1 Å². The van der Waals surface area contributed by atoms with Gasteiger partial charge in [-0.15, -0.1) is 0 Å². The minimum absolute atomic E-state index is 0.152. The van der Waals surface area contributed by atoms with E-state index in [0.29, 0.717) is 0 Å².